The number of carbonyl (C=O) groups excluding carboxylic acids is 1. The molecule has 0 atom stereocenters. The summed E-state index contributed by atoms with van der Waals surface area (Å²) in [6.07, 6.45) is 0. The Bertz CT molecular complexity index is 1220. The quantitative estimate of drug-likeness (QED) is 0.403. The fourth-order valence-corrected chi connectivity index (χ4v) is 4.26. The Morgan fingerprint density at radius 1 is 0.933 bits per heavy atom. The molecule has 1 N–H and O–H groups in total. The van der Waals surface area contributed by atoms with Gasteiger partial charge in [-0.25, -0.2) is 13.8 Å². The third-order valence-electron chi connectivity index (χ3n) is 4.82. The van der Waals surface area contributed by atoms with Gasteiger partial charge in [0.05, 0.1) is 0 Å². The van der Waals surface area contributed by atoms with Crippen molar-refractivity contribution in [2.24, 2.45) is 0 Å². The largest absolute Gasteiger partial charge is 0.322 e. The van der Waals surface area contributed by atoms with Crippen molar-refractivity contribution < 1.29 is 13.6 Å². The minimum Gasteiger partial charge on any atom is -0.322 e. The van der Waals surface area contributed by atoms with Gasteiger partial charge in [-0.05, 0) is 48.7 Å². The summed E-state index contributed by atoms with van der Waals surface area (Å²) in [5, 5.41) is 5.44. The van der Waals surface area contributed by atoms with E-state index in [0.717, 1.165) is 45.1 Å². The fourth-order valence-electron chi connectivity index (χ4n) is 3.35. The minimum atomic E-state index is -0.901. The number of anilines is 1. The summed E-state index contributed by atoms with van der Waals surface area (Å²) in [5.41, 5.74) is 4.41. The van der Waals surface area contributed by atoms with Crippen molar-refractivity contribution in [2.75, 3.05) is 5.32 Å². The van der Waals surface area contributed by atoms with Gasteiger partial charge in [-0.15, -0.1) is 11.3 Å². The normalized spacial score (nSPS) is 10.8. The number of aryl methyl sites for hydroxylation is 1. The molecule has 0 unspecified atom stereocenters. The molecule has 3 aromatic carbocycles. The van der Waals surface area contributed by atoms with E-state index in [9.17, 15) is 13.6 Å². The highest BCUT2D eigenvalue weighted by molar-refractivity contribution is 7.13. The Balaban J connectivity index is 1.82. The zero-order chi connectivity index (χ0) is 21.3. The summed E-state index contributed by atoms with van der Waals surface area (Å²) in [6, 6.07) is 16.9. The molecule has 4 aromatic rings. The molecule has 150 valence electrons. The van der Waals surface area contributed by atoms with Crippen LogP contribution >= 0.6 is 11.3 Å². The number of nitrogens with zero attached hydrogens (tertiary/aromatic N) is 1. The standard InChI is InChI=1S/C24H18F2N2OS/c1-14-13-30-24(27-14)21-15(2)20(12-11-17(21)16-7-4-3-5-8-16)28-23(29)22-18(25)9-6-10-19(22)26/h3-13H,1-2H3,(H,28,29). The number of hydrogen-bond acceptors (Lipinski definition) is 3. The number of amides is 1. The molecule has 0 spiro atoms. The summed E-state index contributed by atoms with van der Waals surface area (Å²) in [7, 11) is 0. The van der Waals surface area contributed by atoms with Crippen LogP contribution in [0.4, 0.5) is 14.5 Å². The first-order valence-electron chi connectivity index (χ1n) is 9.32. The molecule has 30 heavy (non-hydrogen) atoms. The molecule has 4 rings (SSSR count). The van der Waals surface area contributed by atoms with Gasteiger partial charge >= 0.3 is 0 Å². The summed E-state index contributed by atoms with van der Waals surface area (Å²) in [6.45, 7) is 3.79. The first kappa shape index (κ1) is 19.9. The van der Waals surface area contributed by atoms with Crippen LogP contribution in [0.2, 0.25) is 0 Å². The molecule has 1 heterocycles. The van der Waals surface area contributed by atoms with E-state index in [-0.39, 0.29) is 0 Å². The molecule has 6 heteroatoms. The van der Waals surface area contributed by atoms with Gasteiger partial charge in [0.2, 0.25) is 0 Å². The molecule has 0 aliphatic rings. The number of benzene rings is 3. The predicted octanol–water partition coefficient (Wildman–Crippen LogP) is 6.62. The fraction of sp³-hybridized carbons (Fsp3) is 0.0833. The molecule has 0 saturated heterocycles. The summed E-state index contributed by atoms with van der Waals surface area (Å²) in [4.78, 5) is 17.2. The van der Waals surface area contributed by atoms with Crippen molar-refractivity contribution in [3.63, 3.8) is 0 Å². The lowest BCUT2D eigenvalue weighted by atomic mass is 9.95. The highest BCUT2D eigenvalue weighted by atomic mass is 32.1. The maximum atomic E-state index is 14.0. The number of nitrogens with one attached hydrogen (secondary N) is 1. The maximum absolute atomic E-state index is 14.0. The number of aromatic nitrogens is 1. The van der Waals surface area contributed by atoms with Gasteiger partial charge < -0.3 is 5.32 Å². The molecule has 0 radical (unpaired) electrons. The van der Waals surface area contributed by atoms with Crippen LogP contribution in [-0.2, 0) is 0 Å². The average molecular weight is 420 g/mol. The van der Waals surface area contributed by atoms with E-state index < -0.39 is 23.1 Å². The van der Waals surface area contributed by atoms with Crippen molar-refractivity contribution >= 4 is 22.9 Å². The Morgan fingerprint density at radius 3 is 2.27 bits per heavy atom. The van der Waals surface area contributed by atoms with E-state index in [0.29, 0.717) is 5.69 Å². The van der Waals surface area contributed by atoms with Crippen molar-refractivity contribution in [1.82, 2.24) is 4.98 Å². The van der Waals surface area contributed by atoms with Crippen LogP contribution < -0.4 is 5.32 Å². The predicted molar refractivity (Wildman–Crippen MR) is 117 cm³/mol. The number of carbonyl (C=O) groups is 1. The molecule has 3 nitrogen and oxygen atoms in total. The van der Waals surface area contributed by atoms with Gasteiger partial charge in [-0.3, -0.25) is 4.79 Å². The van der Waals surface area contributed by atoms with E-state index in [4.69, 9.17) is 0 Å². The van der Waals surface area contributed by atoms with Gasteiger partial charge in [0.25, 0.3) is 5.91 Å². The van der Waals surface area contributed by atoms with Crippen LogP contribution in [0, 0.1) is 25.5 Å². The second-order valence-electron chi connectivity index (χ2n) is 6.87. The van der Waals surface area contributed by atoms with Gasteiger partial charge in [0, 0.05) is 22.3 Å². The van der Waals surface area contributed by atoms with Crippen LogP contribution in [0.3, 0.4) is 0 Å². The summed E-state index contributed by atoms with van der Waals surface area (Å²) >= 11 is 1.51. The molecular formula is C24H18F2N2OS. The lowest BCUT2D eigenvalue weighted by molar-refractivity contribution is 0.101. The number of rotatable bonds is 4. The summed E-state index contributed by atoms with van der Waals surface area (Å²) in [5.74, 6) is -2.63. The molecule has 0 bridgehead atoms. The van der Waals surface area contributed by atoms with Gasteiger partial charge in [0.1, 0.15) is 22.2 Å². The molecule has 0 aliphatic heterocycles. The van der Waals surface area contributed by atoms with E-state index in [1.165, 1.54) is 17.4 Å². The second kappa shape index (κ2) is 8.16. The first-order valence-corrected chi connectivity index (χ1v) is 10.2. The molecule has 0 saturated carbocycles. The van der Waals surface area contributed by atoms with E-state index >= 15 is 0 Å². The Morgan fingerprint density at radius 2 is 1.63 bits per heavy atom. The topological polar surface area (TPSA) is 42.0 Å². The zero-order valence-electron chi connectivity index (χ0n) is 16.4. The maximum Gasteiger partial charge on any atom is 0.261 e. The zero-order valence-corrected chi connectivity index (χ0v) is 17.2. The van der Waals surface area contributed by atoms with Crippen LogP contribution in [0.25, 0.3) is 21.7 Å². The molecule has 0 aliphatic carbocycles. The Kier molecular flexibility index (Phi) is 5.42. The minimum absolute atomic E-state index is 0.477. The number of thiazole rings is 1. The smallest absolute Gasteiger partial charge is 0.261 e. The van der Waals surface area contributed by atoms with Crippen molar-refractivity contribution in [2.45, 2.75) is 13.8 Å². The monoisotopic (exact) mass is 420 g/mol. The van der Waals surface area contributed by atoms with E-state index in [1.54, 1.807) is 6.07 Å². The van der Waals surface area contributed by atoms with Crippen LogP contribution in [0.15, 0.2) is 66.0 Å². The van der Waals surface area contributed by atoms with Gasteiger partial charge in [-0.1, -0.05) is 42.5 Å². The van der Waals surface area contributed by atoms with Crippen molar-refractivity contribution in [3.8, 4) is 21.7 Å². The highest BCUT2D eigenvalue weighted by Crippen LogP contribution is 2.39. The van der Waals surface area contributed by atoms with Crippen LogP contribution in [0.1, 0.15) is 21.6 Å². The molecule has 1 amide bonds. The molecular weight excluding hydrogens is 402 g/mol. The van der Waals surface area contributed by atoms with E-state index in [2.05, 4.69) is 10.3 Å². The van der Waals surface area contributed by atoms with Crippen LogP contribution in [0.5, 0.6) is 0 Å². The lowest BCUT2D eigenvalue weighted by Gasteiger charge is -2.16. The van der Waals surface area contributed by atoms with E-state index in [1.807, 2.05) is 55.6 Å². The molecule has 1 aromatic heterocycles. The van der Waals surface area contributed by atoms with Crippen LogP contribution in [-0.4, -0.2) is 10.9 Å². The summed E-state index contributed by atoms with van der Waals surface area (Å²) < 4.78 is 28.1. The average Bonchev–Trinajstić information content (AvgIpc) is 3.15. The Hall–Kier alpha value is -3.38. The third-order valence-corrected chi connectivity index (χ3v) is 5.80. The van der Waals surface area contributed by atoms with Crippen molar-refractivity contribution in [3.05, 3.63) is 94.5 Å². The second-order valence-corrected chi connectivity index (χ2v) is 7.73. The number of halogens is 2. The van der Waals surface area contributed by atoms with Crippen molar-refractivity contribution in [1.29, 1.82) is 0 Å². The third kappa shape index (κ3) is 3.74. The molecule has 0 fully saturated rings. The van der Waals surface area contributed by atoms with Gasteiger partial charge in [0.15, 0.2) is 0 Å². The van der Waals surface area contributed by atoms with Gasteiger partial charge in [-0.2, -0.15) is 0 Å². The lowest BCUT2D eigenvalue weighted by Crippen LogP contribution is -2.16. The Labute approximate surface area is 177 Å². The highest BCUT2D eigenvalue weighted by Gasteiger charge is 2.21. The number of hydrogen-bond donors (Lipinski definition) is 1. The SMILES string of the molecule is Cc1csc(-c2c(-c3ccccc3)ccc(NC(=O)c3c(F)cccc3F)c2C)n1. The first-order chi connectivity index (χ1) is 14.5.